The lowest BCUT2D eigenvalue weighted by molar-refractivity contribution is 0.00139. The zero-order valence-electron chi connectivity index (χ0n) is 16.9. The summed E-state index contributed by atoms with van der Waals surface area (Å²) in [7, 11) is -1.89. The van der Waals surface area contributed by atoms with E-state index in [1.165, 1.54) is 0 Å². The molecule has 1 unspecified atom stereocenters. The van der Waals surface area contributed by atoms with Gasteiger partial charge in [0.05, 0.1) is 24.9 Å². The van der Waals surface area contributed by atoms with E-state index in [0.29, 0.717) is 13.2 Å². The van der Waals surface area contributed by atoms with Crippen LogP contribution in [0.1, 0.15) is 47.0 Å². The molecular formula is C17H35O6PSSi. The van der Waals surface area contributed by atoms with Gasteiger partial charge in [0, 0.05) is 19.6 Å². The topological polar surface area (TPSA) is 66.4 Å². The standard InChI is InChI=1S/C17H35O6PSSi/c1-7-13-14(8-10-19-13)22-24(18,25)21-12-16-15(9-11-20-16)23-26(5,6)17(2,3)4/h13-16H,7-12H2,1-6H3,(H,18,25)/t13-,14-,15-,16-,24?/m1/s1. The lowest BCUT2D eigenvalue weighted by Gasteiger charge is -2.39. The SMILES string of the molecule is CC[C@H]1OCC[C@H]1OP(O)(=S)OC[C@H]1OCC[C@H]1O[Si](C)(C)C(C)(C)C. The van der Waals surface area contributed by atoms with Crippen molar-refractivity contribution >= 4 is 26.8 Å². The summed E-state index contributed by atoms with van der Waals surface area (Å²) >= 11 is 5.20. The van der Waals surface area contributed by atoms with Crippen LogP contribution in [0.2, 0.25) is 18.1 Å². The summed E-state index contributed by atoms with van der Waals surface area (Å²) in [6, 6.07) is 0. The van der Waals surface area contributed by atoms with E-state index in [4.69, 9.17) is 34.8 Å². The molecule has 0 amide bonds. The van der Waals surface area contributed by atoms with Gasteiger partial charge < -0.3 is 27.8 Å². The van der Waals surface area contributed by atoms with E-state index in [1.807, 2.05) is 6.92 Å². The van der Waals surface area contributed by atoms with Gasteiger partial charge in [-0.2, -0.15) is 0 Å². The molecule has 2 rings (SSSR count). The monoisotopic (exact) mass is 426 g/mol. The van der Waals surface area contributed by atoms with Gasteiger partial charge >= 0.3 is 6.72 Å². The zero-order chi connectivity index (χ0) is 19.6. The molecule has 6 nitrogen and oxygen atoms in total. The fourth-order valence-corrected chi connectivity index (χ4v) is 5.85. The highest BCUT2D eigenvalue weighted by Gasteiger charge is 2.43. The van der Waals surface area contributed by atoms with Crippen LogP contribution >= 0.6 is 6.72 Å². The highest BCUT2D eigenvalue weighted by molar-refractivity contribution is 8.07. The van der Waals surface area contributed by atoms with E-state index < -0.39 is 15.0 Å². The molecule has 2 aliphatic rings. The van der Waals surface area contributed by atoms with E-state index >= 15 is 0 Å². The first kappa shape index (κ1) is 22.9. The van der Waals surface area contributed by atoms with Gasteiger partial charge in [0.1, 0.15) is 6.10 Å². The third kappa shape index (κ3) is 6.06. The van der Waals surface area contributed by atoms with Crippen LogP contribution in [0.15, 0.2) is 0 Å². The van der Waals surface area contributed by atoms with Crippen LogP contribution in [0.25, 0.3) is 0 Å². The smallest absolute Gasteiger partial charge is 0.324 e. The predicted molar refractivity (Wildman–Crippen MR) is 108 cm³/mol. The van der Waals surface area contributed by atoms with Crippen LogP contribution in [0.5, 0.6) is 0 Å². The molecular weight excluding hydrogens is 391 g/mol. The minimum atomic E-state index is -3.33. The van der Waals surface area contributed by atoms with Gasteiger partial charge in [-0.1, -0.05) is 27.7 Å². The van der Waals surface area contributed by atoms with Crippen LogP contribution in [0.4, 0.5) is 0 Å². The molecule has 0 aromatic carbocycles. The Hall–Kier alpha value is 0.627. The number of hydrogen-bond donors (Lipinski definition) is 1. The molecule has 0 aliphatic carbocycles. The predicted octanol–water partition coefficient (Wildman–Crippen LogP) is 3.98. The van der Waals surface area contributed by atoms with Crippen molar-refractivity contribution in [1.29, 1.82) is 0 Å². The fourth-order valence-electron chi connectivity index (χ4n) is 2.97. The average molecular weight is 427 g/mol. The maximum absolute atomic E-state index is 10.4. The molecule has 2 aliphatic heterocycles. The van der Waals surface area contributed by atoms with Crippen molar-refractivity contribution in [2.45, 2.75) is 89.5 Å². The maximum Gasteiger partial charge on any atom is 0.324 e. The van der Waals surface area contributed by atoms with Gasteiger partial charge in [-0.05, 0) is 42.8 Å². The van der Waals surface area contributed by atoms with Crippen LogP contribution in [0, 0.1) is 0 Å². The summed E-state index contributed by atoms with van der Waals surface area (Å²) in [4.78, 5) is 10.4. The molecule has 26 heavy (non-hydrogen) atoms. The van der Waals surface area contributed by atoms with Gasteiger partial charge in [0.25, 0.3) is 0 Å². The molecule has 154 valence electrons. The Morgan fingerprint density at radius 3 is 2.27 bits per heavy atom. The maximum atomic E-state index is 10.4. The van der Waals surface area contributed by atoms with Crippen molar-refractivity contribution < 1.29 is 27.8 Å². The second-order valence-electron chi connectivity index (χ2n) is 8.63. The molecule has 5 atom stereocenters. The molecule has 1 N–H and O–H groups in total. The van der Waals surface area contributed by atoms with Gasteiger partial charge in [0.15, 0.2) is 8.32 Å². The van der Waals surface area contributed by atoms with Crippen molar-refractivity contribution in [1.82, 2.24) is 0 Å². The summed E-state index contributed by atoms with van der Waals surface area (Å²) in [6.07, 6.45) is 1.94. The molecule has 0 aromatic rings. The second-order valence-corrected chi connectivity index (χ2v) is 16.2. The molecule has 0 bridgehead atoms. The minimum Gasteiger partial charge on any atom is -0.411 e. The molecule has 0 aromatic heterocycles. The Morgan fingerprint density at radius 2 is 1.69 bits per heavy atom. The van der Waals surface area contributed by atoms with Crippen LogP contribution in [-0.4, -0.2) is 57.4 Å². The number of rotatable bonds is 8. The van der Waals surface area contributed by atoms with E-state index in [1.54, 1.807) is 0 Å². The van der Waals surface area contributed by atoms with Crippen molar-refractivity contribution in [3.8, 4) is 0 Å². The molecule has 0 saturated carbocycles. The Bertz CT molecular complexity index is 512. The number of hydrogen-bond acceptors (Lipinski definition) is 6. The molecule has 2 heterocycles. The zero-order valence-corrected chi connectivity index (χ0v) is 19.6. The van der Waals surface area contributed by atoms with Crippen LogP contribution < -0.4 is 0 Å². The lowest BCUT2D eigenvalue weighted by atomic mass is 10.1. The van der Waals surface area contributed by atoms with Crippen LogP contribution in [0.3, 0.4) is 0 Å². The van der Waals surface area contributed by atoms with Crippen LogP contribution in [-0.2, 0) is 34.8 Å². The summed E-state index contributed by atoms with van der Waals surface area (Å²) in [5, 5.41) is 0.132. The summed E-state index contributed by atoms with van der Waals surface area (Å²) < 4.78 is 29.2. The molecule has 2 saturated heterocycles. The minimum absolute atomic E-state index is 0.0227. The molecule has 9 heteroatoms. The Balaban J connectivity index is 1.88. The van der Waals surface area contributed by atoms with Gasteiger partial charge in [-0.15, -0.1) is 0 Å². The molecule has 2 fully saturated rings. The first-order valence-electron chi connectivity index (χ1n) is 9.52. The van der Waals surface area contributed by atoms with E-state index in [9.17, 15) is 4.89 Å². The first-order chi connectivity index (χ1) is 12.0. The van der Waals surface area contributed by atoms with Crippen molar-refractivity contribution in [3.63, 3.8) is 0 Å². The number of ether oxygens (including phenoxy) is 2. The average Bonchev–Trinajstić information content (AvgIpc) is 3.12. The van der Waals surface area contributed by atoms with Crippen molar-refractivity contribution in [2.24, 2.45) is 0 Å². The van der Waals surface area contributed by atoms with E-state index in [2.05, 4.69) is 33.9 Å². The van der Waals surface area contributed by atoms with Gasteiger partial charge in [-0.3, -0.25) is 0 Å². The molecule has 0 spiro atoms. The second kappa shape index (κ2) is 8.97. The van der Waals surface area contributed by atoms with E-state index in [-0.39, 0.29) is 36.1 Å². The summed E-state index contributed by atoms with van der Waals surface area (Å²) in [5.41, 5.74) is 0. The lowest BCUT2D eigenvalue weighted by Crippen LogP contribution is -2.46. The third-order valence-electron chi connectivity index (χ3n) is 5.62. The Kier molecular flexibility index (Phi) is 7.90. The van der Waals surface area contributed by atoms with Gasteiger partial charge in [0.2, 0.25) is 0 Å². The normalized spacial score (nSPS) is 32.7. The fraction of sp³-hybridized carbons (Fsp3) is 1.00. The largest absolute Gasteiger partial charge is 0.411 e. The third-order valence-corrected chi connectivity index (χ3v) is 11.7. The highest BCUT2D eigenvalue weighted by Crippen LogP contribution is 2.48. The summed E-state index contributed by atoms with van der Waals surface area (Å²) in [6.45, 7) is 11.3. The Morgan fingerprint density at radius 1 is 1.12 bits per heavy atom. The quantitative estimate of drug-likeness (QED) is 0.465. The highest BCUT2D eigenvalue weighted by atomic mass is 32.5. The summed E-state index contributed by atoms with van der Waals surface area (Å²) in [5.74, 6) is 0. The first-order valence-corrected chi connectivity index (χ1v) is 15.0. The van der Waals surface area contributed by atoms with E-state index in [0.717, 1.165) is 19.3 Å². The van der Waals surface area contributed by atoms with Crippen molar-refractivity contribution in [2.75, 3.05) is 19.8 Å². The van der Waals surface area contributed by atoms with Gasteiger partial charge in [-0.25, -0.2) is 0 Å². The molecule has 0 radical (unpaired) electrons. The Labute approximate surface area is 164 Å². The van der Waals surface area contributed by atoms with Crippen molar-refractivity contribution in [3.05, 3.63) is 0 Å².